The first-order chi connectivity index (χ1) is 20.6. The molecule has 0 aliphatic rings. The van der Waals surface area contributed by atoms with Gasteiger partial charge in [-0.3, -0.25) is 14.2 Å². The van der Waals surface area contributed by atoms with Crippen molar-refractivity contribution in [1.29, 1.82) is 0 Å². The number of nitrogens with two attached hydrogens (primary N) is 1. The number of thiazole rings is 1. The summed E-state index contributed by atoms with van der Waals surface area (Å²) in [5.74, 6) is -2.71. The predicted molar refractivity (Wildman–Crippen MR) is 167 cm³/mol. The van der Waals surface area contributed by atoms with E-state index in [0.717, 1.165) is 12.3 Å². The first kappa shape index (κ1) is 31.2. The van der Waals surface area contributed by atoms with Gasteiger partial charge in [0.25, 0.3) is 0 Å². The maximum atomic E-state index is 14.2. The summed E-state index contributed by atoms with van der Waals surface area (Å²) >= 11 is 1.31. The lowest BCUT2D eigenvalue weighted by atomic mass is 9.87. The van der Waals surface area contributed by atoms with E-state index in [1.807, 2.05) is 12.1 Å². The Morgan fingerprint density at radius 3 is 2.48 bits per heavy atom. The number of aryl methyl sites for hydroxylation is 1. The average molecular weight is 644 g/mol. The number of halogens is 2. The number of fused-ring (bicyclic) bond motifs is 2. The molecule has 1 amide bonds. The Balaban J connectivity index is 1.74. The number of pyridine rings is 1. The first-order valence-corrected chi connectivity index (χ1v) is 16.2. The van der Waals surface area contributed by atoms with Gasteiger partial charge in [-0.05, 0) is 50.1 Å². The van der Waals surface area contributed by atoms with Gasteiger partial charge in [-0.2, -0.15) is 5.10 Å². The molecule has 0 fully saturated rings. The number of carbonyl (C=O) groups excluding carboxylic acids is 1. The third-order valence-electron chi connectivity index (χ3n) is 6.76. The van der Waals surface area contributed by atoms with Crippen molar-refractivity contribution in [3.05, 3.63) is 65.4 Å². The predicted octanol–water partition coefficient (Wildman–Crippen LogP) is 4.28. The second-order valence-corrected chi connectivity index (χ2v) is 14.1. The molecule has 3 aromatic heterocycles. The van der Waals surface area contributed by atoms with Crippen LogP contribution < -0.4 is 15.8 Å². The Morgan fingerprint density at radius 2 is 1.84 bits per heavy atom. The summed E-state index contributed by atoms with van der Waals surface area (Å²) in [6, 6.07) is 10.3. The molecule has 1 atom stereocenters. The topological polar surface area (TPSA) is 165 Å². The molecule has 44 heavy (non-hydrogen) atoms. The molecule has 232 valence electrons. The highest BCUT2D eigenvalue weighted by Crippen LogP contribution is 2.40. The van der Waals surface area contributed by atoms with E-state index in [0.29, 0.717) is 48.8 Å². The molecule has 3 heterocycles. The van der Waals surface area contributed by atoms with E-state index in [-0.39, 0.29) is 25.2 Å². The number of para-hydroxylation sites is 1. The summed E-state index contributed by atoms with van der Waals surface area (Å²) in [5.41, 5.74) is 7.54. The molecule has 2 aromatic carbocycles. The minimum Gasteiger partial charge on any atom is -0.389 e. The smallest absolute Gasteiger partial charge is 0.231 e. The Kier molecular flexibility index (Phi) is 8.31. The molecule has 0 saturated heterocycles. The minimum atomic E-state index is -3.63. The molecule has 15 heteroatoms. The zero-order chi connectivity index (χ0) is 32.0. The normalized spacial score (nSPS) is 13.0. The molecule has 0 spiro atoms. The van der Waals surface area contributed by atoms with Crippen LogP contribution in [0.2, 0.25) is 0 Å². The zero-order valence-electron chi connectivity index (χ0n) is 24.4. The molecule has 5 rings (SSSR count). The highest BCUT2D eigenvalue weighted by molar-refractivity contribution is 7.92. The van der Waals surface area contributed by atoms with Crippen LogP contribution in [0, 0.1) is 11.6 Å². The van der Waals surface area contributed by atoms with E-state index in [2.05, 4.69) is 20.1 Å². The number of benzene rings is 2. The van der Waals surface area contributed by atoms with E-state index >= 15 is 0 Å². The van der Waals surface area contributed by atoms with Crippen molar-refractivity contribution in [3.63, 3.8) is 0 Å². The summed E-state index contributed by atoms with van der Waals surface area (Å²) in [7, 11) is -1.96. The fourth-order valence-corrected chi connectivity index (χ4v) is 6.45. The van der Waals surface area contributed by atoms with E-state index in [4.69, 9.17) is 10.7 Å². The van der Waals surface area contributed by atoms with Gasteiger partial charge >= 0.3 is 0 Å². The lowest BCUT2D eigenvalue weighted by molar-refractivity contribution is -0.118. The SMILES string of the molecule is Cn1nc(NS(C)(=O)=O)c2cccc(-c3cc4sc(NCC(C)(C)O)nc4nc3[C@H](CC(N)=O)Cc3cc(F)cc(F)c3)c21. The van der Waals surface area contributed by atoms with Crippen molar-refractivity contribution in [2.45, 2.75) is 38.2 Å². The zero-order valence-corrected chi connectivity index (χ0v) is 26.0. The minimum absolute atomic E-state index is 0.0410. The largest absolute Gasteiger partial charge is 0.389 e. The molecule has 5 N–H and O–H groups in total. The van der Waals surface area contributed by atoms with Crippen molar-refractivity contribution in [3.8, 4) is 11.1 Å². The van der Waals surface area contributed by atoms with E-state index < -0.39 is 39.1 Å². The fraction of sp³-hybridized carbons (Fsp3) is 0.310. The quantitative estimate of drug-likeness (QED) is 0.166. The van der Waals surface area contributed by atoms with Crippen molar-refractivity contribution >= 4 is 59.5 Å². The molecule has 0 saturated carbocycles. The maximum absolute atomic E-state index is 14.2. The number of sulfonamides is 1. The first-order valence-electron chi connectivity index (χ1n) is 13.5. The molecule has 0 bridgehead atoms. The number of nitrogens with one attached hydrogen (secondary N) is 2. The number of hydrogen-bond acceptors (Lipinski definition) is 9. The standard InChI is InChI=1S/C29H31F2N7O4S2/c1-29(2,40)14-33-28-35-27-22(43-28)13-21(19-6-5-7-20-25(19)38(3)36-26(20)37-44(4,41)42)24(34-27)16(11-23(32)39)8-15-9-17(30)12-18(31)10-15/h5-7,9-10,12-13,16,40H,8,11,14H2,1-4H3,(H2,32,39)(H,36,37)(H,33,34,35)/t16-/m0/s1. The van der Waals surface area contributed by atoms with Gasteiger partial charge in [-0.1, -0.05) is 23.5 Å². The van der Waals surface area contributed by atoms with Gasteiger partial charge in [-0.25, -0.2) is 27.2 Å². The molecule has 0 aliphatic heterocycles. The van der Waals surface area contributed by atoms with Gasteiger partial charge in [0.15, 0.2) is 16.6 Å². The molecule has 0 unspecified atom stereocenters. The third kappa shape index (κ3) is 7.11. The molecule has 0 radical (unpaired) electrons. The summed E-state index contributed by atoms with van der Waals surface area (Å²) < 4.78 is 57.1. The summed E-state index contributed by atoms with van der Waals surface area (Å²) in [6.07, 6.45) is 0.892. The van der Waals surface area contributed by atoms with Gasteiger partial charge < -0.3 is 16.2 Å². The number of nitrogens with zero attached hydrogens (tertiary/aromatic N) is 4. The number of aliphatic hydroxyl groups is 1. The number of carbonyl (C=O) groups is 1. The highest BCUT2D eigenvalue weighted by Gasteiger charge is 2.26. The van der Waals surface area contributed by atoms with Crippen LogP contribution in [0.25, 0.3) is 32.4 Å². The van der Waals surface area contributed by atoms with Crippen LogP contribution in [-0.4, -0.2) is 57.6 Å². The number of hydrogen-bond donors (Lipinski definition) is 4. The lowest BCUT2D eigenvalue weighted by Gasteiger charge is -2.20. The fourth-order valence-electron chi connectivity index (χ4n) is 5.10. The maximum Gasteiger partial charge on any atom is 0.231 e. The number of rotatable bonds is 11. The molecular weight excluding hydrogens is 612 g/mol. The number of primary amides is 1. The van der Waals surface area contributed by atoms with Crippen LogP contribution in [0.15, 0.2) is 42.5 Å². The van der Waals surface area contributed by atoms with E-state index in [1.165, 1.54) is 23.5 Å². The number of amides is 1. The second-order valence-electron chi connectivity index (χ2n) is 11.3. The number of anilines is 2. The highest BCUT2D eigenvalue weighted by atomic mass is 32.2. The number of aromatic nitrogens is 4. The van der Waals surface area contributed by atoms with Gasteiger partial charge in [0, 0.05) is 48.5 Å². The Bertz CT molecular complexity index is 1980. The Labute approximate surface area is 256 Å². The van der Waals surface area contributed by atoms with Gasteiger partial charge in [0.1, 0.15) is 11.6 Å². The average Bonchev–Trinajstić information content (AvgIpc) is 3.44. The van der Waals surface area contributed by atoms with Crippen molar-refractivity contribution in [2.75, 3.05) is 22.8 Å². The van der Waals surface area contributed by atoms with Crippen molar-refractivity contribution in [1.82, 2.24) is 19.7 Å². The van der Waals surface area contributed by atoms with Crippen LogP contribution in [0.5, 0.6) is 0 Å². The van der Waals surface area contributed by atoms with Crippen LogP contribution in [0.1, 0.15) is 37.4 Å². The molecule has 5 aromatic rings. The summed E-state index contributed by atoms with van der Waals surface area (Å²) in [6.45, 7) is 3.55. The summed E-state index contributed by atoms with van der Waals surface area (Å²) in [4.78, 5) is 21.8. The van der Waals surface area contributed by atoms with Crippen LogP contribution >= 0.6 is 11.3 Å². The van der Waals surface area contributed by atoms with Crippen LogP contribution in [0.3, 0.4) is 0 Å². The Hall–Kier alpha value is -4.21. The van der Waals surface area contributed by atoms with Crippen LogP contribution in [0.4, 0.5) is 19.7 Å². The second kappa shape index (κ2) is 11.7. The van der Waals surface area contributed by atoms with Gasteiger partial charge in [0.2, 0.25) is 15.9 Å². The lowest BCUT2D eigenvalue weighted by Crippen LogP contribution is -2.29. The van der Waals surface area contributed by atoms with Gasteiger partial charge in [-0.15, -0.1) is 0 Å². The van der Waals surface area contributed by atoms with E-state index in [9.17, 15) is 27.1 Å². The van der Waals surface area contributed by atoms with Crippen molar-refractivity contribution in [2.24, 2.45) is 12.8 Å². The van der Waals surface area contributed by atoms with Crippen LogP contribution in [-0.2, 0) is 28.3 Å². The Morgan fingerprint density at radius 1 is 1.14 bits per heavy atom. The summed E-state index contributed by atoms with van der Waals surface area (Å²) in [5, 5.41) is 18.7. The van der Waals surface area contributed by atoms with Crippen molar-refractivity contribution < 1.29 is 27.1 Å². The van der Waals surface area contributed by atoms with Gasteiger partial charge in [0.05, 0.1) is 27.8 Å². The molecule has 0 aliphatic carbocycles. The third-order valence-corrected chi connectivity index (χ3v) is 8.27. The van der Waals surface area contributed by atoms with E-state index in [1.54, 1.807) is 37.7 Å². The molecule has 11 nitrogen and oxygen atoms in total. The molecular formula is C29H31F2N7O4S2. The monoisotopic (exact) mass is 643 g/mol.